The first kappa shape index (κ1) is 30.3. The fourth-order valence-electron chi connectivity index (χ4n) is 7.46. The van der Waals surface area contributed by atoms with E-state index in [-0.39, 0.29) is 0 Å². The Bertz CT molecular complexity index is 2870. The molecular weight excluding hydrogens is 649 g/mol. The predicted molar refractivity (Wildman–Crippen MR) is 221 cm³/mol. The minimum absolute atomic E-state index is 0.944. The Kier molecular flexibility index (Phi) is 7.37. The molecule has 0 amide bonds. The summed E-state index contributed by atoms with van der Waals surface area (Å²) in [6.45, 7) is 0. The third-order valence-corrected chi connectivity index (χ3v) is 11.2. The molecule has 0 aliphatic rings. The van der Waals surface area contributed by atoms with Gasteiger partial charge in [-0.25, -0.2) is 4.98 Å². The first-order valence-corrected chi connectivity index (χ1v) is 18.4. The molecule has 244 valence electrons. The van der Waals surface area contributed by atoms with Crippen LogP contribution in [-0.2, 0) is 0 Å². The van der Waals surface area contributed by atoms with Crippen molar-refractivity contribution in [3.63, 3.8) is 0 Å². The van der Waals surface area contributed by atoms with Gasteiger partial charge in [-0.05, 0) is 75.7 Å². The molecule has 0 saturated heterocycles. The van der Waals surface area contributed by atoms with Crippen molar-refractivity contribution in [3.8, 4) is 60.9 Å². The molecule has 0 spiro atoms. The monoisotopic (exact) mass is 680 g/mol. The highest BCUT2D eigenvalue weighted by atomic mass is 32.1. The predicted octanol–water partition coefficient (Wildman–Crippen LogP) is 13.7. The van der Waals surface area contributed by atoms with Crippen molar-refractivity contribution in [2.45, 2.75) is 0 Å². The lowest BCUT2D eigenvalue weighted by Crippen LogP contribution is -1.96. The summed E-state index contributed by atoms with van der Waals surface area (Å²) in [4.78, 5) is 6.57. The van der Waals surface area contributed by atoms with Crippen molar-refractivity contribution in [3.05, 3.63) is 194 Å². The molecule has 0 aliphatic carbocycles. The molecule has 0 N–H and O–H groups in total. The number of nitrogens with zero attached hydrogens (tertiary/aromatic N) is 2. The van der Waals surface area contributed by atoms with E-state index in [0.29, 0.717) is 0 Å². The molecule has 0 saturated carbocycles. The summed E-state index contributed by atoms with van der Waals surface area (Å²) < 4.78 is 3.74. The molecular formula is C49H32N2S. The maximum atomic E-state index is 5.28. The van der Waals surface area contributed by atoms with Gasteiger partial charge in [0.25, 0.3) is 0 Å². The minimum atomic E-state index is 0.944. The molecule has 0 radical (unpaired) electrons. The largest absolute Gasteiger partial charge is 0.309 e. The first-order chi connectivity index (χ1) is 25.8. The van der Waals surface area contributed by atoms with E-state index >= 15 is 0 Å². The third kappa shape index (κ3) is 5.31. The zero-order valence-corrected chi connectivity index (χ0v) is 29.1. The van der Waals surface area contributed by atoms with E-state index in [0.717, 1.165) is 39.3 Å². The summed E-state index contributed by atoms with van der Waals surface area (Å²) in [5.74, 6) is 0. The molecule has 0 fully saturated rings. The van der Waals surface area contributed by atoms with E-state index in [2.05, 4.69) is 199 Å². The van der Waals surface area contributed by atoms with Crippen molar-refractivity contribution in [2.75, 3.05) is 0 Å². The molecule has 3 aromatic heterocycles. The Labute approximate surface area is 306 Å². The van der Waals surface area contributed by atoms with E-state index < -0.39 is 0 Å². The Morgan fingerprint density at radius 3 is 1.69 bits per heavy atom. The van der Waals surface area contributed by atoms with Gasteiger partial charge in [0.15, 0.2) is 0 Å². The Morgan fingerprint density at radius 1 is 0.385 bits per heavy atom. The molecule has 7 aromatic carbocycles. The average molecular weight is 681 g/mol. The zero-order valence-electron chi connectivity index (χ0n) is 28.3. The third-order valence-electron chi connectivity index (χ3n) is 10.00. The van der Waals surface area contributed by atoms with Crippen molar-refractivity contribution in [1.29, 1.82) is 0 Å². The van der Waals surface area contributed by atoms with Crippen molar-refractivity contribution in [1.82, 2.24) is 9.55 Å². The smallest absolute Gasteiger partial charge is 0.0716 e. The van der Waals surface area contributed by atoms with Crippen LogP contribution >= 0.6 is 11.3 Å². The quantitative estimate of drug-likeness (QED) is 0.171. The number of pyridine rings is 1. The van der Waals surface area contributed by atoms with Gasteiger partial charge in [0.1, 0.15) is 0 Å². The number of hydrogen-bond acceptors (Lipinski definition) is 2. The first-order valence-electron chi connectivity index (χ1n) is 17.6. The van der Waals surface area contributed by atoms with Gasteiger partial charge in [-0.1, -0.05) is 152 Å². The second-order valence-electron chi connectivity index (χ2n) is 13.2. The molecule has 3 heteroatoms. The Hall–Kier alpha value is -6.55. The van der Waals surface area contributed by atoms with Crippen LogP contribution in [0.5, 0.6) is 0 Å². The number of benzene rings is 7. The van der Waals surface area contributed by atoms with Crippen LogP contribution in [-0.4, -0.2) is 9.55 Å². The van der Waals surface area contributed by atoms with E-state index in [9.17, 15) is 0 Å². The fourth-order valence-corrected chi connectivity index (χ4v) is 8.69. The van der Waals surface area contributed by atoms with Gasteiger partial charge in [-0.3, -0.25) is 0 Å². The minimum Gasteiger partial charge on any atom is -0.309 e. The van der Waals surface area contributed by atoms with Crippen LogP contribution in [0.4, 0.5) is 0 Å². The molecule has 0 atom stereocenters. The SMILES string of the molecule is c1ccc(-c2ccc(-c3cc(-c4ccccc4)nc(-c4cccc(-n5c6ccccc6c6c7sc(-c8ccccc8)cc7ccc65)c4)c3)cc2)cc1. The average Bonchev–Trinajstić information content (AvgIpc) is 3.82. The van der Waals surface area contributed by atoms with Gasteiger partial charge in [0.05, 0.1) is 22.4 Å². The van der Waals surface area contributed by atoms with Crippen LogP contribution in [0.1, 0.15) is 0 Å². The molecule has 2 nitrogen and oxygen atoms in total. The van der Waals surface area contributed by atoms with Crippen LogP contribution in [0.25, 0.3) is 92.8 Å². The number of hydrogen-bond donors (Lipinski definition) is 0. The van der Waals surface area contributed by atoms with Gasteiger partial charge in [-0.2, -0.15) is 0 Å². The van der Waals surface area contributed by atoms with Crippen LogP contribution in [0, 0.1) is 0 Å². The summed E-state index contributed by atoms with van der Waals surface area (Å²) in [5, 5.41) is 3.84. The molecule has 3 heterocycles. The molecule has 52 heavy (non-hydrogen) atoms. The lowest BCUT2D eigenvalue weighted by molar-refractivity contribution is 1.18. The second kappa shape index (κ2) is 12.6. The highest BCUT2D eigenvalue weighted by Crippen LogP contribution is 2.43. The van der Waals surface area contributed by atoms with Crippen LogP contribution in [0.15, 0.2) is 194 Å². The topological polar surface area (TPSA) is 17.8 Å². The van der Waals surface area contributed by atoms with Crippen molar-refractivity contribution < 1.29 is 0 Å². The lowest BCUT2D eigenvalue weighted by Gasteiger charge is -2.13. The Morgan fingerprint density at radius 2 is 0.962 bits per heavy atom. The molecule has 0 unspecified atom stereocenters. The Balaban J connectivity index is 1.12. The van der Waals surface area contributed by atoms with E-state index in [1.807, 2.05) is 11.3 Å². The maximum absolute atomic E-state index is 5.28. The number of para-hydroxylation sites is 1. The lowest BCUT2D eigenvalue weighted by atomic mass is 9.97. The number of aromatic nitrogens is 2. The van der Waals surface area contributed by atoms with Gasteiger partial charge >= 0.3 is 0 Å². The number of fused-ring (bicyclic) bond motifs is 5. The van der Waals surface area contributed by atoms with E-state index in [4.69, 9.17) is 4.98 Å². The van der Waals surface area contributed by atoms with Crippen LogP contribution in [0.3, 0.4) is 0 Å². The molecule has 10 rings (SSSR count). The highest BCUT2D eigenvalue weighted by molar-refractivity contribution is 7.23. The number of thiophene rings is 1. The summed E-state index contributed by atoms with van der Waals surface area (Å²) in [5.41, 5.74) is 13.6. The summed E-state index contributed by atoms with van der Waals surface area (Å²) in [7, 11) is 0. The van der Waals surface area contributed by atoms with Crippen LogP contribution in [0.2, 0.25) is 0 Å². The van der Waals surface area contributed by atoms with E-state index in [1.165, 1.54) is 53.5 Å². The van der Waals surface area contributed by atoms with E-state index in [1.54, 1.807) is 0 Å². The summed E-state index contributed by atoms with van der Waals surface area (Å²) in [6, 6.07) is 69.6. The van der Waals surface area contributed by atoms with Gasteiger partial charge in [0.2, 0.25) is 0 Å². The van der Waals surface area contributed by atoms with Crippen molar-refractivity contribution >= 4 is 43.2 Å². The fraction of sp³-hybridized carbons (Fsp3) is 0. The normalized spacial score (nSPS) is 11.5. The second-order valence-corrected chi connectivity index (χ2v) is 14.2. The highest BCUT2D eigenvalue weighted by Gasteiger charge is 2.18. The molecule has 10 aromatic rings. The standard InChI is InChI=1S/C49H32N2S/c1-4-13-33(14-5-1)34-23-25-35(26-24-34)40-30-43(36-15-6-2-7-16-36)50-44(31-40)38-19-12-20-41(29-38)51-45-22-11-10-21-42(45)48-46(51)28-27-39-32-47(52-49(39)48)37-17-8-3-9-18-37/h1-32H. The summed E-state index contributed by atoms with van der Waals surface area (Å²) >= 11 is 1.88. The van der Waals surface area contributed by atoms with Gasteiger partial charge in [-0.15, -0.1) is 11.3 Å². The molecule has 0 aliphatic heterocycles. The van der Waals surface area contributed by atoms with Gasteiger partial charge < -0.3 is 4.57 Å². The summed E-state index contributed by atoms with van der Waals surface area (Å²) in [6.07, 6.45) is 0. The van der Waals surface area contributed by atoms with Crippen molar-refractivity contribution in [2.24, 2.45) is 0 Å². The van der Waals surface area contributed by atoms with Crippen LogP contribution < -0.4 is 0 Å². The number of rotatable bonds is 6. The zero-order chi connectivity index (χ0) is 34.4. The maximum Gasteiger partial charge on any atom is 0.0716 e. The van der Waals surface area contributed by atoms with Gasteiger partial charge in [0, 0.05) is 37.2 Å². The molecule has 0 bridgehead atoms.